The van der Waals surface area contributed by atoms with Gasteiger partial charge in [-0.25, -0.2) is 4.68 Å². The fourth-order valence-corrected chi connectivity index (χ4v) is 2.73. The Balaban J connectivity index is 1.73. The molecule has 0 N–H and O–H groups in total. The molecule has 0 saturated carbocycles. The summed E-state index contributed by atoms with van der Waals surface area (Å²) in [5.74, 6) is 0.810. The predicted molar refractivity (Wildman–Crippen MR) is 103 cm³/mol. The Morgan fingerprint density at radius 3 is 2.33 bits per heavy atom. The van der Waals surface area contributed by atoms with Crippen molar-refractivity contribution in [3.8, 4) is 11.5 Å². The molecule has 4 aromatic rings. The van der Waals surface area contributed by atoms with E-state index in [-0.39, 0.29) is 5.69 Å². The van der Waals surface area contributed by atoms with Gasteiger partial charge in [-0.05, 0) is 42.0 Å². The molecule has 0 aliphatic rings. The van der Waals surface area contributed by atoms with E-state index in [0.717, 1.165) is 17.1 Å². The molecule has 0 aliphatic carbocycles. The number of aliphatic imine (C=N–C) groups is 1. The average molecular weight is 357 g/mol. The summed E-state index contributed by atoms with van der Waals surface area (Å²) >= 11 is 0. The zero-order valence-corrected chi connectivity index (χ0v) is 14.2. The van der Waals surface area contributed by atoms with Gasteiger partial charge in [0.2, 0.25) is 0 Å². The summed E-state index contributed by atoms with van der Waals surface area (Å²) < 4.78 is 3.77. The molecule has 7 heteroatoms. The lowest BCUT2D eigenvalue weighted by atomic mass is 10.2. The molecule has 4 rings (SSSR count). The predicted octanol–water partition coefficient (Wildman–Crippen LogP) is 4.32. The Hall–Kier alpha value is -4.00. The maximum Gasteiger partial charge on any atom is 0.269 e. The normalized spacial score (nSPS) is 11.1. The molecular weight excluding hydrogens is 342 g/mol. The van der Waals surface area contributed by atoms with Crippen LogP contribution in [0.25, 0.3) is 11.5 Å². The van der Waals surface area contributed by atoms with Crippen molar-refractivity contribution in [3.05, 3.63) is 101 Å². The van der Waals surface area contributed by atoms with Crippen LogP contribution in [0.1, 0.15) is 5.56 Å². The van der Waals surface area contributed by atoms with Gasteiger partial charge < -0.3 is 4.57 Å². The highest BCUT2D eigenvalue weighted by molar-refractivity contribution is 5.83. The van der Waals surface area contributed by atoms with Gasteiger partial charge in [0.15, 0.2) is 5.82 Å². The molecule has 27 heavy (non-hydrogen) atoms. The van der Waals surface area contributed by atoms with Crippen molar-refractivity contribution >= 4 is 17.6 Å². The van der Waals surface area contributed by atoms with Gasteiger partial charge in [-0.1, -0.05) is 18.2 Å². The van der Waals surface area contributed by atoms with Crippen LogP contribution in [-0.4, -0.2) is 25.5 Å². The molecule has 2 aromatic heterocycles. The van der Waals surface area contributed by atoms with Gasteiger partial charge in [-0.2, -0.15) is 5.10 Å². The molecule has 0 fully saturated rings. The highest BCUT2D eigenvalue weighted by atomic mass is 16.6. The summed E-state index contributed by atoms with van der Waals surface area (Å²) in [4.78, 5) is 14.9. The molecule has 0 atom stereocenters. The number of hydrogen-bond acceptors (Lipinski definition) is 4. The Labute approximate surface area is 155 Å². The van der Waals surface area contributed by atoms with Gasteiger partial charge >= 0.3 is 0 Å². The van der Waals surface area contributed by atoms with E-state index >= 15 is 0 Å². The van der Waals surface area contributed by atoms with E-state index in [1.807, 2.05) is 64.1 Å². The first-order valence-corrected chi connectivity index (χ1v) is 8.28. The lowest BCUT2D eigenvalue weighted by Gasteiger charge is -2.09. The van der Waals surface area contributed by atoms with Gasteiger partial charge in [0.25, 0.3) is 5.69 Å². The van der Waals surface area contributed by atoms with Crippen molar-refractivity contribution in [2.75, 3.05) is 0 Å². The van der Waals surface area contributed by atoms with E-state index in [0.29, 0.717) is 5.69 Å². The minimum absolute atomic E-state index is 0.0528. The third-order valence-electron chi connectivity index (χ3n) is 4.03. The first-order chi connectivity index (χ1) is 13.2. The lowest BCUT2D eigenvalue weighted by molar-refractivity contribution is -0.384. The van der Waals surface area contributed by atoms with Gasteiger partial charge in [0.1, 0.15) is 5.69 Å². The molecule has 0 aliphatic heterocycles. The van der Waals surface area contributed by atoms with E-state index in [1.54, 1.807) is 24.5 Å². The highest BCUT2D eigenvalue weighted by Crippen LogP contribution is 2.26. The third kappa shape index (κ3) is 3.38. The number of non-ortho nitro benzene ring substituents is 1. The van der Waals surface area contributed by atoms with E-state index < -0.39 is 4.92 Å². The molecule has 2 heterocycles. The average Bonchev–Trinajstić information content (AvgIpc) is 3.36. The zero-order chi connectivity index (χ0) is 18.6. The second-order valence-electron chi connectivity index (χ2n) is 5.80. The number of hydrogen-bond donors (Lipinski definition) is 0. The fraction of sp³-hybridized carbons (Fsp3) is 0. The first-order valence-electron chi connectivity index (χ1n) is 8.28. The number of rotatable bonds is 5. The van der Waals surface area contributed by atoms with Crippen molar-refractivity contribution in [1.29, 1.82) is 0 Å². The highest BCUT2D eigenvalue weighted by Gasteiger charge is 2.13. The van der Waals surface area contributed by atoms with Crippen LogP contribution >= 0.6 is 0 Å². The Morgan fingerprint density at radius 2 is 1.67 bits per heavy atom. The lowest BCUT2D eigenvalue weighted by Crippen LogP contribution is -2.03. The van der Waals surface area contributed by atoms with E-state index in [1.165, 1.54) is 12.1 Å². The standard InChI is InChI=1S/C20H15N5O2/c26-25(27)18-10-8-16(9-11-18)14-21-19-15-22-24(17-6-2-1-3-7-17)20(19)23-12-4-5-13-23/h1-15H. The number of nitro benzene ring substituents is 1. The maximum atomic E-state index is 10.8. The fourth-order valence-electron chi connectivity index (χ4n) is 2.73. The SMILES string of the molecule is O=[N+]([O-])c1ccc(C=Nc2cnn(-c3ccccc3)c2-n2cccc2)cc1. The summed E-state index contributed by atoms with van der Waals surface area (Å²) in [5, 5.41) is 15.2. The summed E-state index contributed by atoms with van der Waals surface area (Å²) in [5.41, 5.74) is 2.44. The molecule has 0 bridgehead atoms. The number of aromatic nitrogens is 3. The van der Waals surface area contributed by atoms with E-state index in [9.17, 15) is 10.1 Å². The molecule has 7 nitrogen and oxygen atoms in total. The van der Waals surface area contributed by atoms with Crippen LogP contribution < -0.4 is 0 Å². The van der Waals surface area contributed by atoms with Crippen LogP contribution in [0.5, 0.6) is 0 Å². The number of para-hydroxylation sites is 1. The smallest absolute Gasteiger partial charge is 0.269 e. The molecule has 0 amide bonds. The minimum Gasteiger partial charge on any atom is -0.307 e. The van der Waals surface area contributed by atoms with Crippen molar-refractivity contribution in [2.45, 2.75) is 0 Å². The molecular formula is C20H15N5O2. The van der Waals surface area contributed by atoms with Crippen LogP contribution in [0.2, 0.25) is 0 Å². The first kappa shape index (κ1) is 16.5. The summed E-state index contributed by atoms with van der Waals surface area (Å²) in [6.07, 6.45) is 7.23. The van der Waals surface area contributed by atoms with Crippen LogP contribution in [0.15, 0.2) is 90.3 Å². The number of benzene rings is 2. The molecule has 2 aromatic carbocycles. The summed E-state index contributed by atoms with van der Waals surface area (Å²) in [6.45, 7) is 0. The zero-order valence-electron chi connectivity index (χ0n) is 14.2. The van der Waals surface area contributed by atoms with Gasteiger partial charge in [-0.15, -0.1) is 0 Å². The van der Waals surface area contributed by atoms with Crippen LogP contribution in [0, 0.1) is 10.1 Å². The largest absolute Gasteiger partial charge is 0.307 e. The number of nitro groups is 1. The number of nitrogens with zero attached hydrogens (tertiary/aromatic N) is 5. The van der Waals surface area contributed by atoms with E-state index in [4.69, 9.17) is 0 Å². The molecule has 0 spiro atoms. The minimum atomic E-state index is -0.422. The molecule has 0 radical (unpaired) electrons. The van der Waals surface area contributed by atoms with Crippen molar-refractivity contribution in [1.82, 2.24) is 14.3 Å². The molecule has 132 valence electrons. The Bertz CT molecular complexity index is 1080. The quantitative estimate of drug-likeness (QED) is 0.303. The van der Waals surface area contributed by atoms with Crippen LogP contribution in [0.3, 0.4) is 0 Å². The van der Waals surface area contributed by atoms with Gasteiger partial charge in [0.05, 0.1) is 16.8 Å². The second-order valence-corrected chi connectivity index (χ2v) is 5.80. The van der Waals surface area contributed by atoms with Crippen molar-refractivity contribution < 1.29 is 4.92 Å². The molecule has 0 saturated heterocycles. The Kier molecular flexibility index (Phi) is 4.32. The summed E-state index contributed by atoms with van der Waals surface area (Å²) in [6, 6.07) is 19.9. The van der Waals surface area contributed by atoms with Gasteiger partial charge in [0, 0.05) is 30.7 Å². The van der Waals surface area contributed by atoms with Gasteiger partial charge in [-0.3, -0.25) is 15.1 Å². The topological polar surface area (TPSA) is 78.2 Å². The monoisotopic (exact) mass is 357 g/mol. The summed E-state index contributed by atoms with van der Waals surface area (Å²) in [7, 11) is 0. The van der Waals surface area contributed by atoms with Crippen molar-refractivity contribution in [2.24, 2.45) is 4.99 Å². The third-order valence-corrected chi connectivity index (χ3v) is 4.03. The van der Waals surface area contributed by atoms with E-state index in [2.05, 4.69) is 10.1 Å². The van der Waals surface area contributed by atoms with Crippen molar-refractivity contribution in [3.63, 3.8) is 0 Å². The Morgan fingerprint density at radius 1 is 0.963 bits per heavy atom. The maximum absolute atomic E-state index is 10.8. The van der Waals surface area contributed by atoms with Crippen LogP contribution in [0.4, 0.5) is 11.4 Å². The van der Waals surface area contributed by atoms with Crippen LogP contribution in [-0.2, 0) is 0 Å². The molecule has 0 unspecified atom stereocenters. The second kappa shape index (κ2) is 7.09.